The summed E-state index contributed by atoms with van der Waals surface area (Å²) in [6.45, 7) is 3.97. The second kappa shape index (κ2) is 9.08. The van der Waals surface area contributed by atoms with Crippen molar-refractivity contribution in [3.8, 4) is 11.5 Å². The molecule has 3 heterocycles. The highest BCUT2D eigenvalue weighted by molar-refractivity contribution is 7.16. The zero-order valence-corrected chi connectivity index (χ0v) is 19.6. The summed E-state index contributed by atoms with van der Waals surface area (Å²) in [7, 11) is 2.08. The Hall–Kier alpha value is -3.43. The van der Waals surface area contributed by atoms with Gasteiger partial charge in [-0.25, -0.2) is 9.18 Å². The molecule has 2 aliphatic heterocycles. The zero-order valence-electron chi connectivity index (χ0n) is 18.8. The molecule has 1 aromatic heterocycles. The van der Waals surface area contributed by atoms with Crippen LogP contribution in [0.1, 0.15) is 49.8 Å². The number of likely N-dealkylation sites (N-methyl/N-ethyl adjacent to an activating group) is 1. The topological polar surface area (TPSA) is 79.9 Å². The van der Waals surface area contributed by atoms with Crippen LogP contribution in [-0.2, 0) is 13.0 Å². The number of ether oxygens (including phenoxy) is 2. The number of esters is 1. The van der Waals surface area contributed by atoms with Gasteiger partial charge in [0.2, 0.25) is 0 Å². The molecule has 5 rings (SSSR count). The maximum absolute atomic E-state index is 13.2. The van der Waals surface area contributed by atoms with Crippen LogP contribution in [0.3, 0.4) is 0 Å². The van der Waals surface area contributed by atoms with Crippen LogP contribution < -0.4 is 20.1 Å². The second-order valence-electron chi connectivity index (χ2n) is 8.28. The van der Waals surface area contributed by atoms with Crippen LogP contribution in [0.25, 0.3) is 0 Å². The molecule has 3 aromatic rings. The summed E-state index contributed by atoms with van der Waals surface area (Å²) in [5, 5.41) is 7.36. The van der Waals surface area contributed by atoms with Crippen molar-refractivity contribution < 1.29 is 23.5 Å². The Balaban J connectivity index is 1.39. The molecule has 9 heteroatoms. The molecule has 1 atom stereocenters. The van der Waals surface area contributed by atoms with Crippen molar-refractivity contribution in [1.82, 2.24) is 10.2 Å². The number of anilines is 1. The van der Waals surface area contributed by atoms with Gasteiger partial charge in [0.1, 0.15) is 17.0 Å². The molecule has 2 N–H and O–H groups in total. The van der Waals surface area contributed by atoms with Crippen LogP contribution in [0, 0.1) is 5.82 Å². The van der Waals surface area contributed by atoms with E-state index in [2.05, 4.69) is 22.6 Å². The molecule has 0 unspecified atom stereocenters. The summed E-state index contributed by atoms with van der Waals surface area (Å²) in [6.07, 6.45) is 0.416. The highest BCUT2D eigenvalue weighted by atomic mass is 32.1. The molecular formula is C25H24FN3O4S. The van der Waals surface area contributed by atoms with Crippen molar-refractivity contribution in [2.45, 2.75) is 26.1 Å². The van der Waals surface area contributed by atoms with E-state index in [4.69, 9.17) is 9.47 Å². The molecule has 2 aliphatic rings. The van der Waals surface area contributed by atoms with E-state index in [9.17, 15) is 14.0 Å². The number of hydrogen-bond acceptors (Lipinski definition) is 7. The Kier molecular flexibility index (Phi) is 5.97. The van der Waals surface area contributed by atoms with Gasteiger partial charge in [-0.2, -0.15) is 0 Å². The molecule has 2 aromatic carbocycles. The van der Waals surface area contributed by atoms with Crippen molar-refractivity contribution in [3.05, 3.63) is 75.4 Å². The van der Waals surface area contributed by atoms with Gasteiger partial charge in [0.05, 0.1) is 17.7 Å². The Labute approximate surface area is 200 Å². The molecule has 34 heavy (non-hydrogen) atoms. The van der Waals surface area contributed by atoms with Crippen LogP contribution in [0.15, 0.2) is 42.5 Å². The first kappa shape index (κ1) is 22.4. The lowest BCUT2D eigenvalue weighted by atomic mass is 10.0. The zero-order chi connectivity index (χ0) is 23.8. The Morgan fingerprint density at radius 2 is 1.97 bits per heavy atom. The van der Waals surface area contributed by atoms with Crippen molar-refractivity contribution in [1.29, 1.82) is 0 Å². The van der Waals surface area contributed by atoms with Gasteiger partial charge >= 0.3 is 5.97 Å². The minimum atomic E-state index is -0.614. The molecule has 0 saturated heterocycles. The summed E-state index contributed by atoms with van der Waals surface area (Å²) in [5.74, 6) is -0.511. The molecule has 0 fully saturated rings. The van der Waals surface area contributed by atoms with Crippen LogP contribution >= 0.6 is 11.3 Å². The number of amides is 1. The lowest BCUT2D eigenvalue weighted by Crippen LogP contribution is -2.38. The minimum Gasteiger partial charge on any atom is -0.490 e. The molecule has 0 saturated carbocycles. The first-order valence-electron chi connectivity index (χ1n) is 11.1. The summed E-state index contributed by atoms with van der Waals surface area (Å²) in [4.78, 5) is 29.0. The predicted octanol–water partition coefficient (Wildman–Crippen LogP) is 4.35. The quantitative estimate of drug-likeness (QED) is 0.417. The molecule has 176 valence electrons. The number of carbonyl (C=O) groups is 2. The number of hydrogen-bond donors (Lipinski definition) is 2. The van der Waals surface area contributed by atoms with Gasteiger partial charge in [0.25, 0.3) is 5.91 Å². The first-order chi connectivity index (χ1) is 16.4. The summed E-state index contributed by atoms with van der Waals surface area (Å²) in [5.41, 5.74) is 2.89. The van der Waals surface area contributed by atoms with Gasteiger partial charge in [-0.15, -0.1) is 11.3 Å². The summed E-state index contributed by atoms with van der Waals surface area (Å²) in [6, 6.07) is 10.3. The fourth-order valence-corrected chi connectivity index (χ4v) is 5.57. The average molecular weight is 482 g/mol. The first-order valence-corrected chi connectivity index (χ1v) is 11.9. The van der Waals surface area contributed by atoms with E-state index in [1.54, 1.807) is 29.5 Å². The smallest absolute Gasteiger partial charge is 0.343 e. The summed E-state index contributed by atoms with van der Waals surface area (Å²) < 4.78 is 24.4. The number of fused-ring (bicyclic) bond motifs is 3. The molecule has 7 nitrogen and oxygen atoms in total. The molecular weight excluding hydrogens is 457 g/mol. The number of nitrogens with zero attached hydrogens (tertiary/aromatic N) is 1. The number of nitrogens with one attached hydrogen (secondary N) is 2. The second-order valence-corrected chi connectivity index (χ2v) is 9.39. The lowest BCUT2D eigenvalue weighted by Gasteiger charge is -2.27. The molecule has 0 spiro atoms. The molecule has 1 amide bonds. The molecule has 0 radical (unpaired) electrons. The SMILES string of the molecule is CCOc1cc([C@H]2NC(=O)c3c(sc4c3CCN(C)C4)N2)ccc1OC(=O)c1ccc(F)cc1. The van der Waals surface area contributed by atoms with E-state index < -0.39 is 18.0 Å². The highest BCUT2D eigenvalue weighted by Gasteiger charge is 2.33. The fourth-order valence-electron chi connectivity index (χ4n) is 4.21. The van der Waals surface area contributed by atoms with Gasteiger partial charge in [0.15, 0.2) is 11.5 Å². The van der Waals surface area contributed by atoms with Gasteiger partial charge < -0.3 is 25.0 Å². The Morgan fingerprint density at radius 1 is 1.18 bits per heavy atom. The number of benzene rings is 2. The standard InChI is InChI=1S/C25H24FN3O4S/c1-3-32-19-12-15(6-9-18(19)33-25(31)14-4-7-16(26)8-5-14)22-27-23(30)21-17-10-11-29(2)13-20(17)34-24(21)28-22/h4-9,12,22,28H,3,10-11,13H2,1-2H3,(H,27,30)/t22-/m0/s1. The third kappa shape index (κ3) is 4.24. The number of halogens is 1. The monoisotopic (exact) mass is 481 g/mol. The van der Waals surface area contributed by atoms with Gasteiger partial charge in [-0.3, -0.25) is 4.79 Å². The van der Waals surface area contributed by atoms with Crippen LogP contribution in [0.2, 0.25) is 0 Å². The molecule has 0 aliphatic carbocycles. The van der Waals surface area contributed by atoms with Crippen molar-refractivity contribution in [2.75, 3.05) is 25.5 Å². The Morgan fingerprint density at radius 3 is 2.74 bits per heavy atom. The fraction of sp³-hybridized carbons (Fsp3) is 0.280. The third-order valence-corrected chi connectivity index (χ3v) is 7.06. The van der Waals surface area contributed by atoms with E-state index in [1.807, 2.05) is 6.92 Å². The van der Waals surface area contributed by atoms with E-state index in [1.165, 1.54) is 29.1 Å². The van der Waals surface area contributed by atoms with Gasteiger partial charge in [0, 0.05) is 18.0 Å². The third-order valence-electron chi connectivity index (χ3n) is 5.91. The van der Waals surface area contributed by atoms with E-state index in [0.29, 0.717) is 12.4 Å². The van der Waals surface area contributed by atoms with Crippen LogP contribution in [0.4, 0.5) is 9.39 Å². The predicted molar refractivity (Wildman–Crippen MR) is 127 cm³/mol. The van der Waals surface area contributed by atoms with E-state index in [-0.39, 0.29) is 17.2 Å². The number of rotatable bonds is 5. The van der Waals surface area contributed by atoms with Crippen LogP contribution in [-0.4, -0.2) is 37.0 Å². The summed E-state index contributed by atoms with van der Waals surface area (Å²) >= 11 is 1.63. The maximum Gasteiger partial charge on any atom is 0.343 e. The van der Waals surface area contributed by atoms with E-state index in [0.717, 1.165) is 41.2 Å². The van der Waals surface area contributed by atoms with Gasteiger partial charge in [-0.1, -0.05) is 6.07 Å². The average Bonchev–Trinajstić information content (AvgIpc) is 3.18. The van der Waals surface area contributed by atoms with Crippen molar-refractivity contribution in [2.24, 2.45) is 0 Å². The normalized spacial score (nSPS) is 17.3. The Bertz CT molecular complexity index is 1260. The number of thiophene rings is 1. The number of carbonyl (C=O) groups excluding carboxylic acids is 2. The molecule has 0 bridgehead atoms. The van der Waals surface area contributed by atoms with Crippen LogP contribution in [0.5, 0.6) is 11.5 Å². The van der Waals surface area contributed by atoms with Gasteiger partial charge in [-0.05, 0) is 67.9 Å². The van der Waals surface area contributed by atoms with Crippen molar-refractivity contribution in [3.63, 3.8) is 0 Å². The maximum atomic E-state index is 13.2. The highest BCUT2D eigenvalue weighted by Crippen LogP contribution is 2.41. The van der Waals surface area contributed by atoms with Crippen molar-refractivity contribution >= 4 is 28.2 Å². The van der Waals surface area contributed by atoms with E-state index >= 15 is 0 Å². The largest absolute Gasteiger partial charge is 0.490 e. The lowest BCUT2D eigenvalue weighted by molar-refractivity contribution is 0.0728. The minimum absolute atomic E-state index is 0.0921.